The summed E-state index contributed by atoms with van der Waals surface area (Å²) in [6.45, 7) is 2.26. The van der Waals surface area contributed by atoms with E-state index in [-0.39, 0.29) is 11.8 Å². The van der Waals surface area contributed by atoms with E-state index in [1.165, 1.54) is 4.88 Å². The molecule has 182 valence electrons. The van der Waals surface area contributed by atoms with Gasteiger partial charge < -0.3 is 19.7 Å². The normalized spacial score (nSPS) is 14.3. The van der Waals surface area contributed by atoms with E-state index in [9.17, 15) is 4.79 Å². The van der Waals surface area contributed by atoms with Crippen LogP contribution in [0.5, 0.6) is 11.5 Å². The Hall–Kier alpha value is -3.59. The number of benzene rings is 1. The van der Waals surface area contributed by atoms with Gasteiger partial charge >= 0.3 is 0 Å². The van der Waals surface area contributed by atoms with Crippen molar-refractivity contribution in [2.45, 2.75) is 19.3 Å². The molecule has 1 aliphatic heterocycles. The molecule has 9 heteroatoms. The van der Waals surface area contributed by atoms with E-state index in [1.807, 2.05) is 41.0 Å². The van der Waals surface area contributed by atoms with Gasteiger partial charge in [-0.1, -0.05) is 6.07 Å². The molecule has 1 N–H and O–H groups in total. The Morgan fingerprint density at radius 2 is 1.97 bits per heavy atom. The van der Waals surface area contributed by atoms with Crippen molar-refractivity contribution in [1.29, 1.82) is 0 Å². The van der Waals surface area contributed by atoms with Crippen LogP contribution in [0.1, 0.15) is 17.7 Å². The zero-order chi connectivity index (χ0) is 24.2. The van der Waals surface area contributed by atoms with Crippen molar-refractivity contribution in [3.8, 4) is 22.8 Å². The van der Waals surface area contributed by atoms with Gasteiger partial charge in [-0.3, -0.25) is 4.79 Å². The standard InChI is InChI=1S/C26H29N5O3S/c1-33-23-6-5-19(16-24(23)34-2)21-17-22-25(27-11-14-31(22)29-21)30-12-8-18(9-13-30)26(32)28-10-7-20-4-3-15-35-20/h3-6,11,14-18H,7-10,12-13H2,1-2H3,(H,28,32). The second-order valence-corrected chi connectivity index (χ2v) is 9.59. The molecule has 35 heavy (non-hydrogen) atoms. The molecule has 1 amide bonds. The fraction of sp³-hybridized carbons (Fsp3) is 0.346. The number of hydrogen-bond acceptors (Lipinski definition) is 7. The Bertz CT molecular complexity index is 1300. The molecule has 4 heterocycles. The molecule has 4 aromatic rings. The highest BCUT2D eigenvalue weighted by molar-refractivity contribution is 7.09. The number of piperidine rings is 1. The van der Waals surface area contributed by atoms with Crippen molar-refractivity contribution in [1.82, 2.24) is 19.9 Å². The minimum Gasteiger partial charge on any atom is -0.493 e. The second kappa shape index (κ2) is 10.4. The van der Waals surface area contributed by atoms with Gasteiger partial charge in [0.2, 0.25) is 5.91 Å². The average Bonchev–Trinajstić information content (AvgIpc) is 3.58. The summed E-state index contributed by atoms with van der Waals surface area (Å²) in [6, 6.07) is 12.0. The number of methoxy groups -OCH3 is 2. The summed E-state index contributed by atoms with van der Waals surface area (Å²) in [5.74, 6) is 2.44. The Kier molecular flexibility index (Phi) is 6.85. The van der Waals surface area contributed by atoms with Crippen LogP contribution in [0.2, 0.25) is 0 Å². The molecular formula is C26H29N5O3S. The molecule has 1 aromatic carbocycles. The zero-order valence-corrected chi connectivity index (χ0v) is 20.8. The van der Waals surface area contributed by atoms with Gasteiger partial charge in [0, 0.05) is 48.4 Å². The number of aromatic nitrogens is 3. The predicted octanol–water partition coefficient (Wildman–Crippen LogP) is 4.05. The molecule has 0 spiro atoms. The number of ether oxygens (including phenoxy) is 2. The van der Waals surface area contributed by atoms with Crippen LogP contribution in [0.3, 0.4) is 0 Å². The second-order valence-electron chi connectivity index (χ2n) is 8.56. The largest absolute Gasteiger partial charge is 0.493 e. The molecule has 0 atom stereocenters. The van der Waals surface area contributed by atoms with Crippen molar-refractivity contribution >= 4 is 28.6 Å². The van der Waals surface area contributed by atoms with Crippen LogP contribution in [0.15, 0.2) is 54.2 Å². The van der Waals surface area contributed by atoms with E-state index >= 15 is 0 Å². The minimum absolute atomic E-state index is 0.0431. The third kappa shape index (κ3) is 4.95. The lowest BCUT2D eigenvalue weighted by Crippen LogP contribution is -2.41. The topological polar surface area (TPSA) is 81.0 Å². The number of amides is 1. The lowest BCUT2D eigenvalue weighted by Gasteiger charge is -2.32. The maximum Gasteiger partial charge on any atom is 0.223 e. The molecule has 8 nitrogen and oxygen atoms in total. The van der Waals surface area contributed by atoms with Gasteiger partial charge in [-0.15, -0.1) is 11.3 Å². The molecule has 1 fully saturated rings. The van der Waals surface area contributed by atoms with Gasteiger partial charge in [0.05, 0.1) is 19.9 Å². The highest BCUT2D eigenvalue weighted by atomic mass is 32.1. The Balaban J connectivity index is 1.26. The molecule has 0 radical (unpaired) electrons. The summed E-state index contributed by atoms with van der Waals surface area (Å²) < 4.78 is 12.7. The van der Waals surface area contributed by atoms with Gasteiger partial charge in [0.25, 0.3) is 0 Å². The molecule has 5 rings (SSSR count). The van der Waals surface area contributed by atoms with Gasteiger partial charge in [-0.25, -0.2) is 9.50 Å². The number of thiophene rings is 1. The minimum atomic E-state index is 0.0431. The lowest BCUT2D eigenvalue weighted by atomic mass is 9.96. The first kappa shape index (κ1) is 23.2. The number of nitrogens with zero attached hydrogens (tertiary/aromatic N) is 4. The van der Waals surface area contributed by atoms with Crippen molar-refractivity contribution in [3.05, 3.63) is 59.0 Å². The fourth-order valence-corrected chi connectivity index (χ4v) is 5.26. The van der Waals surface area contributed by atoms with E-state index in [4.69, 9.17) is 14.6 Å². The monoisotopic (exact) mass is 491 g/mol. The van der Waals surface area contributed by atoms with Gasteiger partial charge in [-0.05, 0) is 55.0 Å². The molecule has 0 unspecified atom stereocenters. The first-order chi connectivity index (χ1) is 17.2. The Morgan fingerprint density at radius 3 is 2.71 bits per heavy atom. The van der Waals surface area contributed by atoms with E-state index in [0.29, 0.717) is 18.0 Å². The first-order valence-electron chi connectivity index (χ1n) is 11.8. The van der Waals surface area contributed by atoms with Crippen molar-refractivity contribution < 1.29 is 14.3 Å². The van der Waals surface area contributed by atoms with Crippen LogP contribution in [0.25, 0.3) is 16.8 Å². The number of nitrogens with one attached hydrogen (secondary N) is 1. The van der Waals surface area contributed by atoms with E-state index in [0.717, 1.165) is 54.9 Å². The van der Waals surface area contributed by atoms with E-state index in [2.05, 4.69) is 26.6 Å². The molecule has 0 bridgehead atoms. The number of carbonyl (C=O) groups is 1. The zero-order valence-electron chi connectivity index (χ0n) is 19.9. The summed E-state index contributed by atoms with van der Waals surface area (Å²) in [5.41, 5.74) is 2.71. The number of carbonyl (C=O) groups excluding carboxylic acids is 1. The molecular weight excluding hydrogens is 462 g/mol. The Labute approximate surface area is 208 Å². The molecule has 0 aliphatic carbocycles. The van der Waals surface area contributed by atoms with Crippen molar-refractivity contribution in [2.75, 3.05) is 38.8 Å². The number of hydrogen-bond donors (Lipinski definition) is 1. The summed E-state index contributed by atoms with van der Waals surface area (Å²) in [7, 11) is 3.25. The van der Waals surface area contributed by atoms with Gasteiger partial charge in [-0.2, -0.15) is 5.10 Å². The fourth-order valence-electron chi connectivity index (χ4n) is 4.55. The van der Waals surface area contributed by atoms with Crippen LogP contribution in [-0.2, 0) is 11.2 Å². The van der Waals surface area contributed by atoms with Crippen molar-refractivity contribution in [3.63, 3.8) is 0 Å². The molecule has 1 aliphatic rings. The number of fused-ring (bicyclic) bond motifs is 1. The maximum absolute atomic E-state index is 12.7. The van der Waals surface area contributed by atoms with Crippen LogP contribution < -0.4 is 19.7 Å². The van der Waals surface area contributed by atoms with Crippen LogP contribution in [0, 0.1) is 5.92 Å². The third-order valence-corrected chi connectivity index (χ3v) is 7.40. The summed E-state index contributed by atoms with van der Waals surface area (Å²) in [4.78, 5) is 20.9. The van der Waals surface area contributed by atoms with Gasteiger partial charge in [0.15, 0.2) is 17.3 Å². The van der Waals surface area contributed by atoms with Crippen LogP contribution >= 0.6 is 11.3 Å². The van der Waals surface area contributed by atoms with Crippen LogP contribution in [0.4, 0.5) is 5.82 Å². The summed E-state index contributed by atoms with van der Waals surface area (Å²) >= 11 is 1.73. The van der Waals surface area contributed by atoms with Crippen molar-refractivity contribution in [2.24, 2.45) is 5.92 Å². The van der Waals surface area contributed by atoms with Crippen LogP contribution in [-0.4, -0.2) is 54.4 Å². The SMILES string of the molecule is COc1ccc(-c2cc3c(N4CCC(C(=O)NCCc5cccs5)CC4)nccn3n2)cc1OC. The summed E-state index contributed by atoms with van der Waals surface area (Å²) in [6.07, 6.45) is 6.14. The quantitative estimate of drug-likeness (QED) is 0.401. The highest BCUT2D eigenvalue weighted by Crippen LogP contribution is 2.33. The summed E-state index contributed by atoms with van der Waals surface area (Å²) in [5, 5.41) is 9.94. The maximum atomic E-state index is 12.7. The van der Waals surface area contributed by atoms with Gasteiger partial charge in [0.1, 0.15) is 5.52 Å². The predicted molar refractivity (Wildman–Crippen MR) is 137 cm³/mol. The first-order valence-corrected chi connectivity index (χ1v) is 12.7. The lowest BCUT2D eigenvalue weighted by molar-refractivity contribution is -0.125. The van der Waals surface area contributed by atoms with E-state index < -0.39 is 0 Å². The third-order valence-electron chi connectivity index (χ3n) is 6.46. The molecule has 3 aromatic heterocycles. The van der Waals surface area contributed by atoms with E-state index in [1.54, 1.807) is 31.8 Å². The molecule has 1 saturated heterocycles. The smallest absolute Gasteiger partial charge is 0.223 e. The highest BCUT2D eigenvalue weighted by Gasteiger charge is 2.26. The number of rotatable bonds is 8. The number of anilines is 1. The Morgan fingerprint density at radius 1 is 1.14 bits per heavy atom. The average molecular weight is 492 g/mol. The molecule has 0 saturated carbocycles.